The van der Waals surface area contributed by atoms with Crippen LogP contribution < -0.4 is 10.6 Å². The fraction of sp³-hybridized carbons (Fsp3) is 0.533. The van der Waals surface area contributed by atoms with Crippen molar-refractivity contribution in [3.63, 3.8) is 0 Å². The lowest BCUT2D eigenvalue weighted by molar-refractivity contribution is 0.0697. The first kappa shape index (κ1) is 13.9. The third-order valence-electron chi connectivity index (χ3n) is 3.68. The summed E-state index contributed by atoms with van der Waals surface area (Å²) in [6.07, 6.45) is 3.62. The van der Waals surface area contributed by atoms with Crippen molar-refractivity contribution in [3.8, 4) is 0 Å². The van der Waals surface area contributed by atoms with E-state index >= 15 is 0 Å². The van der Waals surface area contributed by atoms with Crippen LogP contribution in [0.5, 0.6) is 0 Å². The monoisotopic (exact) mass is 262 g/mol. The summed E-state index contributed by atoms with van der Waals surface area (Å²) in [5.74, 6) is -0.877. The third kappa shape index (κ3) is 3.70. The molecule has 4 nitrogen and oxygen atoms in total. The quantitative estimate of drug-likeness (QED) is 0.763. The zero-order chi connectivity index (χ0) is 13.8. The first-order valence-electron chi connectivity index (χ1n) is 6.90. The summed E-state index contributed by atoms with van der Waals surface area (Å²) in [6.45, 7) is 5.24. The lowest BCUT2D eigenvalue weighted by Crippen LogP contribution is -2.29. The number of aromatic carboxylic acids is 1. The average molecular weight is 262 g/mol. The van der Waals surface area contributed by atoms with Gasteiger partial charge in [0.15, 0.2) is 0 Å². The number of anilines is 1. The molecule has 0 amide bonds. The van der Waals surface area contributed by atoms with E-state index in [4.69, 9.17) is 5.11 Å². The lowest BCUT2D eigenvalue weighted by atomic mass is 10.0. The van der Waals surface area contributed by atoms with Crippen LogP contribution in [0.15, 0.2) is 18.2 Å². The standard InChI is InChI=1S/C15H22N2O2/c1-10-8-12(15(18)19)5-6-14(10)17-11(2)9-13-4-3-7-16-13/h5-6,8,11,13,16-17H,3-4,7,9H2,1-2H3,(H,18,19). The lowest BCUT2D eigenvalue weighted by Gasteiger charge is -2.20. The van der Waals surface area contributed by atoms with Crippen molar-refractivity contribution in [1.29, 1.82) is 0 Å². The maximum atomic E-state index is 10.9. The molecule has 1 aliphatic rings. The van der Waals surface area contributed by atoms with Crippen LogP contribution >= 0.6 is 0 Å². The topological polar surface area (TPSA) is 61.4 Å². The van der Waals surface area contributed by atoms with Gasteiger partial charge in [-0.15, -0.1) is 0 Å². The Hall–Kier alpha value is -1.55. The minimum Gasteiger partial charge on any atom is -0.478 e. The van der Waals surface area contributed by atoms with Gasteiger partial charge in [-0.1, -0.05) is 0 Å². The van der Waals surface area contributed by atoms with Gasteiger partial charge in [-0.25, -0.2) is 4.79 Å². The minimum atomic E-state index is -0.877. The number of aryl methyl sites for hydroxylation is 1. The molecule has 1 aliphatic heterocycles. The Morgan fingerprint density at radius 2 is 2.37 bits per heavy atom. The van der Waals surface area contributed by atoms with E-state index in [1.54, 1.807) is 12.1 Å². The predicted octanol–water partition coefficient (Wildman–Crippen LogP) is 2.64. The van der Waals surface area contributed by atoms with E-state index < -0.39 is 5.97 Å². The molecule has 1 fully saturated rings. The molecule has 0 aromatic heterocycles. The van der Waals surface area contributed by atoms with Gasteiger partial charge in [-0.2, -0.15) is 0 Å². The molecular weight excluding hydrogens is 240 g/mol. The van der Waals surface area contributed by atoms with Crippen LogP contribution in [0.3, 0.4) is 0 Å². The largest absolute Gasteiger partial charge is 0.478 e. The van der Waals surface area contributed by atoms with Gasteiger partial charge in [-0.05, 0) is 63.4 Å². The first-order valence-corrected chi connectivity index (χ1v) is 6.90. The number of benzene rings is 1. The molecule has 0 radical (unpaired) electrons. The second kappa shape index (κ2) is 6.06. The maximum Gasteiger partial charge on any atom is 0.335 e. The van der Waals surface area contributed by atoms with Crippen molar-refractivity contribution in [3.05, 3.63) is 29.3 Å². The average Bonchev–Trinajstić information content (AvgIpc) is 2.84. The molecule has 4 heteroatoms. The number of carboxylic acid groups (broad SMARTS) is 1. The van der Waals surface area contributed by atoms with Crippen molar-refractivity contribution < 1.29 is 9.90 Å². The molecule has 19 heavy (non-hydrogen) atoms. The highest BCUT2D eigenvalue weighted by Crippen LogP contribution is 2.20. The van der Waals surface area contributed by atoms with E-state index in [0.29, 0.717) is 17.6 Å². The molecule has 2 unspecified atom stereocenters. The van der Waals surface area contributed by atoms with Gasteiger partial charge >= 0.3 is 5.97 Å². The molecule has 1 saturated heterocycles. The number of hydrogen-bond donors (Lipinski definition) is 3. The normalized spacial score (nSPS) is 20.2. The number of rotatable bonds is 5. The molecule has 0 aliphatic carbocycles. The molecule has 0 saturated carbocycles. The van der Waals surface area contributed by atoms with Crippen LogP contribution in [0.1, 0.15) is 42.1 Å². The Kier molecular flexibility index (Phi) is 4.43. The zero-order valence-electron chi connectivity index (χ0n) is 11.6. The second-order valence-corrected chi connectivity index (χ2v) is 5.41. The molecule has 0 bridgehead atoms. The summed E-state index contributed by atoms with van der Waals surface area (Å²) in [7, 11) is 0. The van der Waals surface area contributed by atoms with Crippen LogP contribution in [0.2, 0.25) is 0 Å². The fourth-order valence-corrected chi connectivity index (χ4v) is 2.67. The second-order valence-electron chi connectivity index (χ2n) is 5.41. The van der Waals surface area contributed by atoms with Crippen molar-refractivity contribution in [1.82, 2.24) is 5.32 Å². The van der Waals surface area contributed by atoms with Crippen molar-refractivity contribution in [2.75, 3.05) is 11.9 Å². The highest BCUT2D eigenvalue weighted by molar-refractivity contribution is 5.88. The molecule has 0 spiro atoms. The summed E-state index contributed by atoms with van der Waals surface area (Å²) in [4.78, 5) is 10.9. The van der Waals surface area contributed by atoms with Crippen molar-refractivity contribution in [2.24, 2.45) is 0 Å². The van der Waals surface area contributed by atoms with Crippen molar-refractivity contribution in [2.45, 2.75) is 45.2 Å². The number of nitrogens with one attached hydrogen (secondary N) is 2. The fourth-order valence-electron chi connectivity index (χ4n) is 2.67. The molecule has 1 aromatic rings. The molecule has 2 rings (SSSR count). The Bertz CT molecular complexity index is 453. The third-order valence-corrected chi connectivity index (χ3v) is 3.68. The first-order chi connectivity index (χ1) is 9.06. The Labute approximate surface area is 114 Å². The summed E-state index contributed by atoms with van der Waals surface area (Å²) in [6, 6.07) is 6.21. The van der Waals surface area contributed by atoms with Crippen LogP contribution in [0, 0.1) is 6.92 Å². The molecular formula is C15H22N2O2. The predicted molar refractivity (Wildman–Crippen MR) is 76.9 cm³/mol. The van der Waals surface area contributed by atoms with Crippen LogP contribution in [-0.4, -0.2) is 29.7 Å². The van der Waals surface area contributed by atoms with E-state index in [9.17, 15) is 4.79 Å². The SMILES string of the molecule is Cc1cc(C(=O)O)ccc1NC(C)CC1CCCN1. The highest BCUT2D eigenvalue weighted by Gasteiger charge is 2.17. The number of carboxylic acids is 1. The van der Waals surface area contributed by atoms with E-state index in [1.165, 1.54) is 12.8 Å². The van der Waals surface area contributed by atoms with Gasteiger partial charge in [0.1, 0.15) is 0 Å². The molecule has 3 N–H and O–H groups in total. The number of carbonyl (C=O) groups is 1. The Morgan fingerprint density at radius 3 is 2.95 bits per heavy atom. The molecule has 1 heterocycles. The number of hydrogen-bond acceptors (Lipinski definition) is 3. The van der Waals surface area contributed by atoms with E-state index in [1.807, 2.05) is 13.0 Å². The molecule has 104 valence electrons. The zero-order valence-corrected chi connectivity index (χ0v) is 11.6. The van der Waals surface area contributed by atoms with E-state index in [0.717, 1.165) is 24.2 Å². The van der Waals surface area contributed by atoms with E-state index in [2.05, 4.69) is 17.6 Å². The van der Waals surface area contributed by atoms with Crippen LogP contribution in [0.4, 0.5) is 5.69 Å². The van der Waals surface area contributed by atoms with Gasteiger partial charge in [-0.3, -0.25) is 0 Å². The van der Waals surface area contributed by atoms with Crippen molar-refractivity contribution >= 4 is 11.7 Å². The van der Waals surface area contributed by atoms with Gasteiger partial charge in [0.05, 0.1) is 5.56 Å². The minimum absolute atomic E-state index is 0.341. The van der Waals surface area contributed by atoms with E-state index in [-0.39, 0.29) is 0 Å². The summed E-state index contributed by atoms with van der Waals surface area (Å²) >= 11 is 0. The summed E-state index contributed by atoms with van der Waals surface area (Å²) in [5.41, 5.74) is 2.34. The Balaban J connectivity index is 1.96. The Morgan fingerprint density at radius 1 is 1.58 bits per heavy atom. The molecule has 2 atom stereocenters. The maximum absolute atomic E-state index is 10.9. The van der Waals surface area contributed by atoms with Gasteiger partial charge in [0.25, 0.3) is 0 Å². The summed E-state index contributed by atoms with van der Waals surface area (Å²) < 4.78 is 0. The van der Waals surface area contributed by atoms with Gasteiger partial charge in [0.2, 0.25) is 0 Å². The smallest absolute Gasteiger partial charge is 0.335 e. The van der Waals surface area contributed by atoms with Gasteiger partial charge in [0, 0.05) is 17.8 Å². The van der Waals surface area contributed by atoms with Crippen LogP contribution in [-0.2, 0) is 0 Å². The molecule has 1 aromatic carbocycles. The summed E-state index contributed by atoms with van der Waals surface area (Å²) in [5, 5.41) is 15.9. The highest BCUT2D eigenvalue weighted by atomic mass is 16.4. The van der Waals surface area contributed by atoms with Gasteiger partial charge < -0.3 is 15.7 Å². The van der Waals surface area contributed by atoms with Crippen LogP contribution in [0.25, 0.3) is 0 Å².